The molecule has 16 heavy (non-hydrogen) atoms. The van der Waals surface area contributed by atoms with Gasteiger partial charge in [-0.05, 0) is 42.4 Å². The van der Waals surface area contributed by atoms with Crippen molar-refractivity contribution in [3.8, 4) is 0 Å². The van der Waals surface area contributed by atoms with Crippen LogP contribution in [0.15, 0.2) is 43.5 Å². The zero-order valence-corrected chi connectivity index (χ0v) is 11.0. The van der Waals surface area contributed by atoms with E-state index < -0.39 is 0 Å². The topological polar surface area (TPSA) is 46.3 Å². The predicted octanol–water partition coefficient (Wildman–Crippen LogP) is 3.39. The van der Waals surface area contributed by atoms with Gasteiger partial charge in [0.05, 0.1) is 12.3 Å². The summed E-state index contributed by atoms with van der Waals surface area (Å²) in [5.74, 6) is 0. The molecule has 1 aromatic heterocycles. The van der Waals surface area contributed by atoms with Crippen molar-refractivity contribution < 1.29 is 9.52 Å². The van der Waals surface area contributed by atoms with E-state index in [1.165, 1.54) is 11.8 Å². The Bertz CT molecular complexity index is 498. The van der Waals surface area contributed by atoms with Gasteiger partial charge in [-0.3, -0.25) is 0 Å². The third-order valence-electron chi connectivity index (χ3n) is 1.99. The quantitative estimate of drug-likeness (QED) is 0.944. The predicted molar refractivity (Wildman–Crippen MR) is 65.4 cm³/mol. The van der Waals surface area contributed by atoms with Crippen LogP contribution < -0.4 is 0 Å². The molecule has 0 saturated heterocycles. The molecule has 84 valence electrons. The summed E-state index contributed by atoms with van der Waals surface area (Å²) in [5, 5.41) is 9.83. The summed E-state index contributed by atoms with van der Waals surface area (Å²) < 4.78 is 6.21. The summed E-state index contributed by atoms with van der Waals surface area (Å²) in [6.45, 7) is 1.88. The van der Waals surface area contributed by atoms with Crippen LogP contribution in [0.5, 0.6) is 0 Å². The Morgan fingerprint density at radius 3 is 2.94 bits per heavy atom. The average molecular weight is 300 g/mol. The Labute approximate surface area is 106 Å². The summed E-state index contributed by atoms with van der Waals surface area (Å²) in [4.78, 5) is 5.16. The number of aromatic nitrogens is 1. The van der Waals surface area contributed by atoms with Crippen molar-refractivity contribution in [3.05, 3.63) is 40.2 Å². The zero-order chi connectivity index (χ0) is 11.5. The molecule has 3 nitrogen and oxygen atoms in total. The second kappa shape index (κ2) is 5.03. The van der Waals surface area contributed by atoms with Crippen LogP contribution in [0, 0.1) is 6.92 Å². The lowest BCUT2D eigenvalue weighted by molar-refractivity contribution is 0.279. The van der Waals surface area contributed by atoms with Crippen molar-refractivity contribution in [2.24, 2.45) is 0 Å². The fourth-order valence-corrected chi connectivity index (χ4v) is 2.52. The minimum absolute atomic E-state index is 0.00145. The number of aryl methyl sites for hydroxylation is 1. The fourth-order valence-electron chi connectivity index (χ4n) is 1.24. The molecule has 0 aliphatic carbocycles. The Kier molecular flexibility index (Phi) is 3.68. The lowest BCUT2D eigenvalue weighted by Crippen LogP contribution is -1.87. The molecule has 0 spiro atoms. The smallest absolute Gasteiger partial charge is 0.260 e. The van der Waals surface area contributed by atoms with Gasteiger partial charge < -0.3 is 9.52 Å². The monoisotopic (exact) mass is 299 g/mol. The number of hydrogen-bond acceptors (Lipinski definition) is 4. The Morgan fingerprint density at radius 2 is 2.31 bits per heavy atom. The van der Waals surface area contributed by atoms with E-state index in [0.717, 1.165) is 20.6 Å². The van der Waals surface area contributed by atoms with Crippen molar-refractivity contribution in [2.75, 3.05) is 0 Å². The maximum absolute atomic E-state index is 9.24. The molecule has 2 rings (SSSR count). The van der Waals surface area contributed by atoms with Crippen LogP contribution in [-0.4, -0.2) is 10.1 Å². The number of oxazole rings is 1. The highest BCUT2D eigenvalue weighted by molar-refractivity contribution is 9.10. The molecule has 0 fully saturated rings. The Morgan fingerprint density at radius 1 is 1.50 bits per heavy atom. The van der Waals surface area contributed by atoms with Crippen LogP contribution in [0.4, 0.5) is 0 Å². The van der Waals surface area contributed by atoms with Gasteiger partial charge in [0.15, 0.2) is 0 Å². The first-order chi connectivity index (χ1) is 7.69. The van der Waals surface area contributed by atoms with E-state index in [2.05, 4.69) is 20.9 Å². The van der Waals surface area contributed by atoms with Gasteiger partial charge in [-0.25, -0.2) is 4.98 Å². The van der Waals surface area contributed by atoms with Crippen LogP contribution >= 0.6 is 27.7 Å². The second-order valence-corrected chi connectivity index (χ2v) is 5.18. The van der Waals surface area contributed by atoms with Crippen LogP contribution in [0.1, 0.15) is 11.3 Å². The Balaban J connectivity index is 2.27. The molecule has 1 heterocycles. The van der Waals surface area contributed by atoms with E-state index in [-0.39, 0.29) is 6.61 Å². The number of benzene rings is 1. The van der Waals surface area contributed by atoms with Crippen molar-refractivity contribution in [1.82, 2.24) is 4.98 Å². The fraction of sp³-hybridized carbons (Fsp3) is 0.182. The largest absolute Gasteiger partial charge is 0.439 e. The summed E-state index contributed by atoms with van der Waals surface area (Å²) in [7, 11) is 0. The molecule has 0 saturated carbocycles. The first-order valence-electron chi connectivity index (χ1n) is 4.68. The lowest BCUT2D eigenvalue weighted by Gasteiger charge is -2.04. The summed E-state index contributed by atoms with van der Waals surface area (Å²) in [6.07, 6.45) is 1.61. The van der Waals surface area contributed by atoms with Gasteiger partial charge in [0.25, 0.3) is 5.22 Å². The molecule has 0 aliphatic rings. The van der Waals surface area contributed by atoms with Gasteiger partial charge in [0.2, 0.25) is 0 Å². The molecule has 0 amide bonds. The van der Waals surface area contributed by atoms with Gasteiger partial charge in [-0.2, -0.15) is 0 Å². The maximum Gasteiger partial charge on any atom is 0.260 e. The van der Waals surface area contributed by atoms with Gasteiger partial charge in [-0.1, -0.05) is 15.9 Å². The van der Waals surface area contributed by atoms with Crippen molar-refractivity contribution in [2.45, 2.75) is 23.6 Å². The molecule has 0 radical (unpaired) electrons. The number of aliphatic hydroxyl groups excluding tert-OH is 1. The maximum atomic E-state index is 9.24. The number of nitrogens with zero attached hydrogens (tertiary/aromatic N) is 1. The molecule has 1 aromatic carbocycles. The number of hydrogen-bond donors (Lipinski definition) is 1. The van der Waals surface area contributed by atoms with E-state index in [4.69, 9.17) is 4.42 Å². The normalized spacial score (nSPS) is 10.7. The molecule has 0 unspecified atom stereocenters. The van der Waals surface area contributed by atoms with Crippen molar-refractivity contribution >= 4 is 27.7 Å². The number of aliphatic hydroxyl groups is 1. The molecular formula is C11H10BrNO2S. The SMILES string of the molecule is Cc1coc(Sc2ccc(Br)cc2CO)n1. The molecule has 5 heteroatoms. The molecule has 1 N–H and O–H groups in total. The van der Waals surface area contributed by atoms with Gasteiger partial charge in [0, 0.05) is 9.37 Å². The third-order valence-corrected chi connectivity index (χ3v) is 3.46. The van der Waals surface area contributed by atoms with Crippen LogP contribution in [0.2, 0.25) is 0 Å². The van der Waals surface area contributed by atoms with E-state index >= 15 is 0 Å². The minimum Gasteiger partial charge on any atom is -0.439 e. The van der Waals surface area contributed by atoms with E-state index in [9.17, 15) is 5.11 Å². The van der Waals surface area contributed by atoms with Gasteiger partial charge in [-0.15, -0.1) is 0 Å². The summed E-state index contributed by atoms with van der Waals surface area (Å²) >= 11 is 4.78. The van der Waals surface area contributed by atoms with Gasteiger partial charge >= 0.3 is 0 Å². The number of halogens is 1. The Hall–Kier alpha value is -0.780. The van der Waals surface area contributed by atoms with Gasteiger partial charge in [0.1, 0.15) is 6.26 Å². The third kappa shape index (κ3) is 2.66. The molecule has 0 bridgehead atoms. The van der Waals surface area contributed by atoms with Crippen LogP contribution in [0.3, 0.4) is 0 Å². The van der Waals surface area contributed by atoms with Crippen molar-refractivity contribution in [1.29, 1.82) is 0 Å². The number of rotatable bonds is 3. The van der Waals surface area contributed by atoms with Crippen LogP contribution in [0.25, 0.3) is 0 Å². The summed E-state index contributed by atoms with van der Waals surface area (Å²) in [6, 6.07) is 5.75. The minimum atomic E-state index is 0.00145. The molecule has 0 atom stereocenters. The average Bonchev–Trinajstić information content (AvgIpc) is 2.67. The second-order valence-electron chi connectivity index (χ2n) is 3.27. The van der Waals surface area contributed by atoms with Crippen molar-refractivity contribution in [3.63, 3.8) is 0 Å². The van der Waals surface area contributed by atoms with E-state index in [1.807, 2.05) is 25.1 Å². The van der Waals surface area contributed by atoms with E-state index in [0.29, 0.717) is 5.22 Å². The highest BCUT2D eigenvalue weighted by Gasteiger charge is 2.08. The lowest BCUT2D eigenvalue weighted by atomic mass is 10.2. The summed E-state index contributed by atoms with van der Waals surface area (Å²) in [5.41, 5.74) is 1.71. The highest BCUT2D eigenvalue weighted by Crippen LogP contribution is 2.31. The van der Waals surface area contributed by atoms with Crippen LogP contribution in [-0.2, 0) is 6.61 Å². The van der Waals surface area contributed by atoms with E-state index in [1.54, 1.807) is 6.26 Å². The molecular weight excluding hydrogens is 290 g/mol. The molecule has 0 aliphatic heterocycles. The first-order valence-corrected chi connectivity index (χ1v) is 6.29. The standard InChI is InChI=1S/C11H10BrNO2S/c1-7-6-15-11(13-7)16-10-3-2-9(12)4-8(10)5-14/h2-4,6,14H,5H2,1H3. The first kappa shape index (κ1) is 11.7. The highest BCUT2D eigenvalue weighted by atomic mass is 79.9. The molecule has 2 aromatic rings. The zero-order valence-electron chi connectivity index (χ0n) is 8.61.